The maximum absolute atomic E-state index is 12.7. The lowest BCUT2D eigenvalue weighted by Gasteiger charge is -2.34. The molecule has 0 aliphatic carbocycles. The van der Waals surface area contributed by atoms with E-state index in [-0.39, 0.29) is 6.54 Å². The molecule has 1 aliphatic rings. The van der Waals surface area contributed by atoms with Gasteiger partial charge in [-0.1, -0.05) is 23.4 Å². The fourth-order valence-electron chi connectivity index (χ4n) is 2.22. The van der Waals surface area contributed by atoms with Crippen LogP contribution in [0, 0.1) is 0 Å². The normalized spacial score (nSPS) is 17.7. The second-order valence-corrected chi connectivity index (χ2v) is 8.12. The first-order chi connectivity index (χ1) is 9.70. The van der Waals surface area contributed by atoms with Gasteiger partial charge in [0.05, 0.1) is 11.4 Å². The average molecular weight is 310 g/mol. The summed E-state index contributed by atoms with van der Waals surface area (Å²) in [6.45, 7) is 3.10. The summed E-state index contributed by atoms with van der Waals surface area (Å²) >= 11 is 0. The highest BCUT2D eigenvalue weighted by atomic mass is 32.2. The van der Waals surface area contributed by atoms with Gasteiger partial charge in [-0.05, 0) is 19.9 Å². The number of amides is 1. The largest absolute Gasteiger partial charge is 0.411 e. The molecular weight excluding hydrogens is 292 g/mol. The van der Waals surface area contributed by atoms with E-state index in [1.165, 1.54) is 18.7 Å². The SMILES string of the molecule is CC(C)(C(=O)N1CCC(=NO)c2ccccc21)S(C)(=O)=O. The maximum atomic E-state index is 12.7. The van der Waals surface area contributed by atoms with E-state index >= 15 is 0 Å². The summed E-state index contributed by atoms with van der Waals surface area (Å²) in [7, 11) is -3.54. The number of hydrogen-bond donors (Lipinski definition) is 1. The van der Waals surface area contributed by atoms with Crippen molar-refractivity contribution in [2.24, 2.45) is 5.16 Å². The molecule has 0 radical (unpaired) electrons. The number of carbonyl (C=O) groups excluding carboxylic acids is 1. The van der Waals surface area contributed by atoms with Gasteiger partial charge in [0.2, 0.25) is 5.91 Å². The Kier molecular flexibility index (Phi) is 3.79. The molecule has 0 aromatic heterocycles. The molecule has 0 atom stereocenters. The van der Waals surface area contributed by atoms with Crippen molar-refractivity contribution < 1.29 is 18.4 Å². The number of rotatable bonds is 2. The summed E-state index contributed by atoms with van der Waals surface area (Å²) in [5.74, 6) is -0.477. The predicted octanol–water partition coefficient (Wildman–Crippen LogP) is 1.42. The van der Waals surface area contributed by atoms with Crippen LogP contribution < -0.4 is 4.90 Å². The van der Waals surface area contributed by atoms with Crippen LogP contribution in [-0.2, 0) is 14.6 Å². The Morgan fingerprint density at radius 3 is 2.52 bits per heavy atom. The summed E-state index contributed by atoms with van der Waals surface area (Å²) < 4.78 is 22.2. The summed E-state index contributed by atoms with van der Waals surface area (Å²) in [5, 5.41) is 12.3. The third-order valence-corrected chi connectivity index (χ3v) is 5.91. The molecule has 1 aromatic carbocycles. The molecule has 0 saturated carbocycles. The van der Waals surface area contributed by atoms with Crippen LogP contribution in [0.5, 0.6) is 0 Å². The molecule has 6 nitrogen and oxygen atoms in total. The number of fused-ring (bicyclic) bond motifs is 1. The van der Waals surface area contributed by atoms with E-state index in [2.05, 4.69) is 5.16 Å². The summed E-state index contributed by atoms with van der Waals surface area (Å²) in [4.78, 5) is 14.1. The van der Waals surface area contributed by atoms with Gasteiger partial charge >= 0.3 is 0 Å². The molecule has 0 unspecified atom stereocenters. The van der Waals surface area contributed by atoms with Crippen molar-refractivity contribution in [1.82, 2.24) is 0 Å². The van der Waals surface area contributed by atoms with Gasteiger partial charge < -0.3 is 10.1 Å². The van der Waals surface area contributed by atoms with Gasteiger partial charge in [-0.25, -0.2) is 8.42 Å². The van der Waals surface area contributed by atoms with Crippen LogP contribution in [0.25, 0.3) is 0 Å². The lowest BCUT2D eigenvalue weighted by Crippen LogP contribution is -2.51. The van der Waals surface area contributed by atoms with Crippen LogP contribution in [0.4, 0.5) is 5.69 Å². The summed E-state index contributed by atoms with van der Waals surface area (Å²) in [5.41, 5.74) is 1.70. The molecule has 1 amide bonds. The Balaban J connectivity index is 2.51. The Morgan fingerprint density at radius 1 is 1.33 bits per heavy atom. The Labute approximate surface area is 124 Å². The van der Waals surface area contributed by atoms with Crippen molar-refractivity contribution in [1.29, 1.82) is 0 Å². The van der Waals surface area contributed by atoms with Gasteiger partial charge in [0, 0.05) is 24.8 Å². The molecule has 1 aliphatic heterocycles. The highest BCUT2D eigenvalue weighted by molar-refractivity contribution is 7.92. The number of para-hydroxylation sites is 1. The van der Waals surface area contributed by atoms with Crippen LogP contribution >= 0.6 is 0 Å². The van der Waals surface area contributed by atoms with E-state index in [1.807, 2.05) is 0 Å². The standard InChI is InChI=1S/C14H18N2O4S/c1-14(2,21(3,19)20)13(17)16-9-8-11(15-18)10-6-4-5-7-12(10)16/h4-7,18H,8-9H2,1-3H3. The van der Waals surface area contributed by atoms with Gasteiger partial charge in [-0.15, -0.1) is 0 Å². The molecule has 0 fully saturated rings. The molecular formula is C14H18N2O4S. The molecule has 114 valence electrons. The number of hydrogen-bond acceptors (Lipinski definition) is 5. The number of nitrogens with zero attached hydrogens (tertiary/aromatic N) is 2. The first kappa shape index (κ1) is 15.5. The van der Waals surface area contributed by atoms with E-state index in [9.17, 15) is 13.2 Å². The van der Waals surface area contributed by atoms with Crippen LogP contribution in [0.1, 0.15) is 25.8 Å². The molecule has 0 saturated heterocycles. The van der Waals surface area contributed by atoms with Crippen LogP contribution in [0.3, 0.4) is 0 Å². The third-order valence-electron chi connectivity index (χ3n) is 3.89. The van der Waals surface area contributed by atoms with Crippen molar-refractivity contribution in [3.8, 4) is 0 Å². The van der Waals surface area contributed by atoms with Gasteiger partial charge in [-0.2, -0.15) is 0 Å². The average Bonchev–Trinajstić information content (AvgIpc) is 2.44. The minimum absolute atomic E-state index is 0.286. The van der Waals surface area contributed by atoms with Crippen molar-refractivity contribution >= 4 is 27.1 Å². The molecule has 0 bridgehead atoms. The topological polar surface area (TPSA) is 87.0 Å². The van der Waals surface area contributed by atoms with Crippen LogP contribution in [0.15, 0.2) is 29.4 Å². The summed E-state index contributed by atoms with van der Waals surface area (Å²) in [6, 6.07) is 7.00. The first-order valence-corrected chi connectivity index (χ1v) is 8.41. The number of sulfone groups is 1. The van der Waals surface area contributed by atoms with Crippen LogP contribution in [-0.4, -0.2) is 42.8 Å². The lowest BCUT2D eigenvalue weighted by atomic mass is 9.98. The number of benzene rings is 1. The Bertz CT molecular complexity index is 707. The lowest BCUT2D eigenvalue weighted by molar-refractivity contribution is -0.120. The predicted molar refractivity (Wildman–Crippen MR) is 80.7 cm³/mol. The fourth-order valence-corrected chi connectivity index (χ4v) is 2.65. The van der Waals surface area contributed by atoms with Gasteiger partial charge in [0.25, 0.3) is 0 Å². The highest BCUT2D eigenvalue weighted by Gasteiger charge is 2.43. The van der Waals surface area contributed by atoms with Gasteiger partial charge in [0.1, 0.15) is 4.75 Å². The molecule has 7 heteroatoms. The fraction of sp³-hybridized carbons (Fsp3) is 0.429. The Hall–Kier alpha value is -1.89. The Morgan fingerprint density at radius 2 is 1.95 bits per heavy atom. The number of oxime groups is 1. The number of carbonyl (C=O) groups is 1. The molecule has 1 heterocycles. The minimum atomic E-state index is -3.54. The maximum Gasteiger partial charge on any atom is 0.247 e. The van der Waals surface area contributed by atoms with E-state index in [0.717, 1.165) is 6.26 Å². The minimum Gasteiger partial charge on any atom is -0.411 e. The van der Waals surface area contributed by atoms with E-state index in [0.29, 0.717) is 23.4 Å². The zero-order chi connectivity index (χ0) is 15.8. The second-order valence-electron chi connectivity index (χ2n) is 5.55. The van der Waals surface area contributed by atoms with Gasteiger partial charge in [-0.3, -0.25) is 4.79 Å². The zero-order valence-electron chi connectivity index (χ0n) is 12.2. The smallest absolute Gasteiger partial charge is 0.247 e. The highest BCUT2D eigenvalue weighted by Crippen LogP contribution is 2.31. The van der Waals surface area contributed by atoms with E-state index in [1.54, 1.807) is 24.3 Å². The summed E-state index contributed by atoms with van der Waals surface area (Å²) in [6.07, 6.45) is 1.43. The van der Waals surface area contributed by atoms with Crippen molar-refractivity contribution in [2.45, 2.75) is 25.0 Å². The van der Waals surface area contributed by atoms with E-state index in [4.69, 9.17) is 5.21 Å². The van der Waals surface area contributed by atoms with E-state index < -0.39 is 20.5 Å². The second kappa shape index (κ2) is 5.14. The molecule has 2 rings (SSSR count). The van der Waals surface area contributed by atoms with Crippen LogP contribution in [0.2, 0.25) is 0 Å². The van der Waals surface area contributed by atoms with Crippen molar-refractivity contribution in [3.05, 3.63) is 29.8 Å². The zero-order valence-corrected chi connectivity index (χ0v) is 13.0. The monoisotopic (exact) mass is 310 g/mol. The van der Waals surface area contributed by atoms with Gasteiger partial charge in [0.15, 0.2) is 9.84 Å². The van der Waals surface area contributed by atoms with Crippen molar-refractivity contribution in [3.63, 3.8) is 0 Å². The third kappa shape index (κ3) is 2.53. The first-order valence-electron chi connectivity index (χ1n) is 6.52. The number of anilines is 1. The molecule has 1 N–H and O–H groups in total. The van der Waals surface area contributed by atoms with Crippen molar-refractivity contribution in [2.75, 3.05) is 17.7 Å². The molecule has 21 heavy (non-hydrogen) atoms. The quantitative estimate of drug-likeness (QED) is 0.661. The molecule has 1 aromatic rings. The molecule has 0 spiro atoms.